The Morgan fingerprint density at radius 2 is 1.83 bits per heavy atom. The number of aromatic nitrogens is 1. The number of nitrogens with zero attached hydrogens (tertiary/aromatic N) is 1. The number of benzene rings is 2. The van der Waals surface area contributed by atoms with Gasteiger partial charge in [0.05, 0.1) is 18.7 Å². The number of oxazole rings is 1. The maximum atomic E-state index is 12.4. The summed E-state index contributed by atoms with van der Waals surface area (Å²) in [6.07, 6.45) is 1.98. The Morgan fingerprint density at radius 1 is 1.10 bits per heavy atom. The summed E-state index contributed by atoms with van der Waals surface area (Å²) < 4.78 is 5.75. The lowest BCUT2D eigenvalue weighted by molar-refractivity contribution is -0.137. The van der Waals surface area contributed by atoms with Gasteiger partial charge in [-0.05, 0) is 25.0 Å². The van der Waals surface area contributed by atoms with Crippen LogP contribution in [0, 0.1) is 13.8 Å². The Morgan fingerprint density at radius 3 is 2.52 bits per heavy atom. The van der Waals surface area contributed by atoms with E-state index in [4.69, 9.17) is 4.42 Å². The Kier molecular flexibility index (Phi) is 6.44. The molecule has 0 fully saturated rings. The van der Waals surface area contributed by atoms with Crippen LogP contribution in [-0.4, -0.2) is 22.0 Å². The van der Waals surface area contributed by atoms with Crippen molar-refractivity contribution < 1.29 is 19.1 Å². The van der Waals surface area contributed by atoms with Gasteiger partial charge in [-0.2, -0.15) is 0 Å². The highest BCUT2D eigenvalue weighted by Crippen LogP contribution is 2.23. The number of carboxylic acid groups (broad SMARTS) is 1. The molecule has 2 aromatic carbocycles. The van der Waals surface area contributed by atoms with E-state index in [2.05, 4.69) is 10.3 Å². The van der Waals surface area contributed by atoms with Crippen LogP contribution in [0.4, 0.5) is 0 Å². The summed E-state index contributed by atoms with van der Waals surface area (Å²) >= 11 is 0. The predicted octanol–water partition coefficient (Wildman–Crippen LogP) is 4.22. The summed E-state index contributed by atoms with van der Waals surface area (Å²) in [6.45, 7) is 3.92. The maximum absolute atomic E-state index is 12.4. The van der Waals surface area contributed by atoms with Crippen LogP contribution in [0.3, 0.4) is 0 Å². The van der Waals surface area contributed by atoms with E-state index in [-0.39, 0.29) is 18.7 Å². The molecule has 3 aromatic rings. The van der Waals surface area contributed by atoms with Gasteiger partial charge in [0.1, 0.15) is 0 Å². The van der Waals surface area contributed by atoms with Crippen molar-refractivity contribution in [2.75, 3.05) is 0 Å². The number of carboxylic acids is 1. The van der Waals surface area contributed by atoms with E-state index in [0.29, 0.717) is 18.1 Å². The van der Waals surface area contributed by atoms with Gasteiger partial charge in [0.2, 0.25) is 5.91 Å². The van der Waals surface area contributed by atoms with Crippen LogP contribution >= 0.6 is 0 Å². The van der Waals surface area contributed by atoms with E-state index in [0.717, 1.165) is 22.3 Å². The smallest absolute Gasteiger partial charge is 0.305 e. The molecule has 1 amide bonds. The molecule has 6 heteroatoms. The lowest BCUT2D eigenvalue weighted by Crippen LogP contribution is -2.30. The summed E-state index contributed by atoms with van der Waals surface area (Å²) in [6, 6.07) is 14.8. The van der Waals surface area contributed by atoms with E-state index in [1.54, 1.807) is 6.20 Å². The zero-order chi connectivity index (χ0) is 20.8. The molecule has 0 aliphatic heterocycles. The lowest BCUT2D eigenvalue weighted by Gasteiger charge is -2.19. The van der Waals surface area contributed by atoms with Gasteiger partial charge in [-0.15, -0.1) is 0 Å². The fraction of sp³-hybridized carbons (Fsp3) is 0.261. The van der Waals surface area contributed by atoms with Crippen LogP contribution in [0.5, 0.6) is 0 Å². The van der Waals surface area contributed by atoms with Crippen LogP contribution < -0.4 is 5.32 Å². The van der Waals surface area contributed by atoms with E-state index in [1.807, 2.05) is 62.4 Å². The van der Waals surface area contributed by atoms with Gasteiger partial charge in [0.25, 0.3) is 0 Å². The zero-order valence-corrected chi connectivity index (χ0v) is 16.5. The normalized spacial score (nSPS) is 11.8. The van der Waals surface area contributed by atoms with Crippen molar-refractivity contribution in [3.63, 3.8) is 0 Å². The molecule has 1 heterocycles. The van der Waals surface area contributed by atoms with Crippen molar-refractivity contribution in [2.45, 2.75) is 39.2 Å². The average molecular weight is 392 g/mol. The number of carbonyl (C=O) groups is 2. The number of nitrogens with one attached hydrogen (secondary N) is 1. The van der Waals surface area contributed by atoms with Gasteiger partial charge in [0, 0.05) is 18.4 Å². The third-order valence-corrected chi connectivity index (χ3v) is 4.73. The van der Waals surface area contributed by atoms with Gasteiger partial charge in [-0.25, -0.2) is 4.98 Å². The summed E-state index contributed by atoms with van der Waals surface area (Å²) in [4.78, 5) is 27.9. The van der Waals surface area contributed by atoms with Crippen LogP contribution in [-0.2, 0) is 16.0 Å². The number of carbonyl (C=O) groups excluding carboxylic acids is 1. The van der Waals surface area contributed by atoms with Gasteiger partial charge >= 0.3 is 5.97 Å². The second-order valence-corrected chi connectivity index (χ2v) is 7.06. The summed E-state index contributed by atoms with van der Waals surface area (Å²) in [5, 5.41) is 12.0. The molecular weight excluding hydrogens is 368 g/mol. The van der Waals surface area contributed by atoms with Crippen molar-refractivity contribution in [1.82, 2.24) is 10.3 Å². The van der Waals surface area contributed by atoms with Crippen LogP contribution in [0.2, 0.25) is 0 Å². The van der Waals surface area contributed by atoms with Crippen molar-refractivity contribution >= 4 is 11.9 Å². The summed E-state index contributed by atoms with van der Waals surface area (Å²) in [5.74, 6) is -0.0749. The SMILES string of the molecule is Cc1ccc(-c2cnc(CCC(=O)NC(CC(=O)O)c3ccccc3C)o2)cc1. The molecule has 0 aliphatic rings. The third-order valence-electron chi connectivity index (χ3n) is 4.73. The molecule has 0 aliphatic carbocycles. The minimum Gasteiger partial charge on any atom is -0.481 e. The summed E-state index contributed by atoms with van der Waals surface area (Å²) in [5.41, 5.74) is 3.84. The van der Waals surface area contributed by atoms with Crippen molar-refractivity contribution in [2.24, 2.45) is 0 Å². The standard InChI is InChI=1S/C23H24N2O4/c1-15-7-9-17(10-8-15)20-14-24-22(29-20)12-11-21(26)25-19(13-23(27)28)18-6-4-3-5-16(18)2/h3-10,14,19H,11-13H2,1-2H3,(H,25,26)(H,27,28). The number of amides is 1. The number of aliphatic carboxylic acids is 1. The third kappa shape index (κ3) is 5.54. The highest BCUT2D eigenvalue weighted by Gasteiger charge is 2.20. The molecule has 0 spiro atoms. The van der Waals surface area contributed by atoms with Gasteiger partial charge in [0.15, 0.2) is 11.7 Å². The Hall–Kier alpha value is -3.41. The Balaban J connectivity index is 1.61. The van der Waals surface area contributed by atoms with Crippen molar-refractivity contribution in [3.05, 3.63) is 77.3 Å². The van der Waals surface area contributed by atoms with Crippen molar-refractivity contribution in [3.8, 4) is 11.3 Å². The molecule has 0 saturated carbocycles. The van der Waals surface area contributed by atoms with Gasteiger partial charge in [-0.1, -0.05) is 54.1 Å². The molecule has 150 valence electrons. The van der Waals surface area contributed by atoms with E-state index >= 15 is 0 Å². The molecule has 0 saturated heterocycles. The number of hydrogen-bond acceptors (Lipinski definition) is 4. The van der Waals surface area contributed by atoms with Gasteiger partial charge < -0.3 is 14.8 Å². The first-order valence-electron chi connectivity index (χ1n) is 9.51. The molecular formula is C23H24N2O4. The molecule has 2 N–H and O–H groups in total. The largest absolute Gasteiger partial charge is 0.481 e. The topological polar surface area (TPSA) is 92.4 Å². The lowest BCUT2D eigenvalue weighted by atomic mass is 9.98. The second kappa shape index (κ2) is 9.19. The van der Waals surface area contributed by atoms with Crippen LogP contribution in [0.25, 0.3) is 11.3 Å². The van der Waals surface area contributed by atoms with E-state index < -0.39 is 12.0 Å². The first kappa shape index (κ1) is 20.3. The van der Waals surface area contributed by atoms with E-state index in [9.17, 15) is 14.7 Å². The highest BCUT2D eigenvalue weighted by atomic mass is 16.4. The van der Waals surface area contributed by atoms with E-state index in [1.165, 1.54) is 0 Å². The average Bonchev–Trinajstić information content (AvgIpc) is 3.15. The first-order chi connectivity index (χ1) is 13.9. The fourth-order valence-electron chi connectivity index (χ4n) is 3.16. The molecule has 1 aromatic heterocycles. The van der Waals surface area contributed by atoms with Crippen LogP contribution in [0.1, 0.15) is 41.5 Å². The predicted molar refractivity (Wildman–Crippen MR) is 109 cm³/mol. The molecule has 29 heavy (non-hydrogen) atoms. The quantitative estimate of drug-likeness (QED) is 0.599. The monoisotopic (exact) mass is 392 g/mol. The molecule has 0 bridgehead atoms. The maximum Gasteiger partial charge on any atom is 0.305 e. The molecule has 0 radical (unpaired) electrons. The number of aryl methyl sites for hydroxylation is 3. The minimum atomic E-state index is -0.964. The zero-order valence-electron chi connectivity index (χ0n) is 16.5. The van der Waals surface area contributed by atoms with Crippen molar-refractivity contribution in [1.29, 1.82) is 0 Å². The summed E-state index contributed by atoms with van der Waals surface area (Å²) in [7, 11) is 0. The molecule has 1 unspecified atom stereocenters. The first-order valence-corrected chi connectivity index (χ1v) is 9.51. The fourth-order valence-corrected chi connectivity index (χ4v) is 3.16. The second-order valence-electron chi connectivity index (χ2n) is 7.06. The Bertz CT molecular complexity index is 992. The molecule has 1 atom stereocenters. The number of rotatable bonds is 8. The molecule has 3 rings (SSSR count). The number of hydrogen-bond donors (Lipinski definition) is 2. The minimum absolute atomic E-state index is 0.163. The Labute approximate surface area is 169 Å². The molecule has 6 nitrogen and oxygen atoms in total. The van der Waals surface area contributed by atoms with Crippen LogP contribution in [0.15, 0.2) is 59.1 Å². The highest BCUT2D eigenvalue weighted by molar-refractivity contribution is 5.78. The van der Waals surface area contributed by atoms with Gasteiger partial charge in [-0.3, -0.25) is 9.59 Å².